The zero-order valence-corrected chi connectivity index (χ0v) is 7.19. The summed E-state index contributed by atoms with van der Waals surface area (Å²) >= 11 is 0. The van der Waals surface area contributed by atoms with Gasteiger partial charge in [-0.2, -0.15) is 0 Å². The van der Waals surface area contributed by atoms with Crippen molar-refractivity contribution < 1.29 is 9.32 Å². The molecule has 0 atom stereocenters. The molecule has 5 heteroatoms. The zero-order valence-electron chi connectivity index (χ0n) is 7.19. The molecule has 0 bridgehead atoms. The molecule has 2 rings (SSSR count). The van der Waals surface area contributed by atoms with Crippen LogP contribution < -0.4 is 5.73 Å². The van der Waals surface area contributed by atoms with Gasteiger partial charge in [0.15, 0.2) is 0 Å². The van der Waals surface area contributed by atoms with Gasteiger partial charge in [0, 0.05) is 13.1 Å². The summed E-state index contributed by atoms with van der Waals surface area (Å²) < 4.78 is 4.77. The Hall–Kier alpha value is -1.52. The molecular formula is C8H11N3O2. The molecule has 1 aliphatic rings. The molecular weight excluding hydrogens is 170 g/mol. The summed E-state index contributed by atoms with van der Waals surface area (Å²) in [5.74, 6) is 0.0226. The van der Waals surface area contributed by atoms with Crippen LogP contribution in [0.2, 0.25) is 0 Å². The van der Waals surface area contributed by atoms with Crippen LogP contribution in [0, 0.1) is 0 Å². The van der Waals surface area contributed by atoms with Crippen molar-refractivity contribution in [2.75, 3.05) is 18.8 Å². The second kappa shape index (κ2) is 3.08. The van der Waals surface area contributed by atoms with Crippen molar-refractivity contribution in [2.24, 2.45) is 0 Å². The summed E-state index contributed by atoms with van der Waals surface area (Å²) in [6, 6.07) is 0. The van der Waals surface area contributed by atoms with Gasteiger partial charge in [-0.15, -0.1) is 0 Å². The van der Waals surface area contributed by atoms with Crippen LogP contribution >= 0.6 is 0 Å². The van der Waals surface area contributed by atoms with Gasteiger partial charge in [0.1, 0.15) is 5.69 Å². The number of rotatable bonds is 1. The van der Waals surface area contributed by atoms with Crippen molar-refractivity contribution >= 4 is 11.6 Å². The Bertz CT molecular complexity index is 315. The Morgan fingerprint density at radius 3 is 2.77 bits per heavy atom. The largest absolute Gasteiger partial charge is 0.394 e. The third-order valence-corrected chi connectivity index (χ3v) is 2.19. The van der Waals surface area contributed by atoms with Crippen molar-refractivity contribution in [2.45, 2.75) is 12.8 Å². The molecule has 1 fully saturated rings. The van der Waals surface area contributed by atoms with Crippen LogP contribution in [-0.2, 0) is 0 Å². The number of anilines is 1. The lowest BCUT2D eigenvalue weighted by atomic mass is 10.3. The second-order valence-corrected chi connectivity index (χ2v) is 3.11. The molecule has 1 aromatic rings. The van der Waals surface area contributed by atoms with Crippen molar-refractivity contribution in [1.82, 2.24) is 10.1 Å². The van der Waals surface area contributed by atoms with E-state index in [1.807, 2.05) is 0 Å². The summed E-state index contributed by atoms with van der Waals surface area (Å²) in [4.78, 5) is 13.4. The summed E-state index contributed by atoms with van der Waals surface area (Å²) in [6.07, 6.45) is 3.46. The number of nitrogens with two attached hydrogens (primary N) is 1. The number of hydrogen-bond acceptors (Lipinski definition) is 4. The molecule has 1 aromatic heterocycles. The van der Waals surface area contributed by atoms with E-state index in [0.717, 1.165) is 25.9 Å². The Balaban J connectivity index is 2.17. The van der Waals surface area contributed by atoms with Gasteiger partial charge >= 0.3 is 0 Å². The highest BCUT2D eigenvalue weighted by atomic mass is 16.5. The smallest absolute Gasteiger partial charge is 0.294 e. The van der Waals surface area contributed by atoms with Crippen molar-refractivity contribution in [3.05, 3.63) is 12.0 Å². The third-order valence-electron chi connectivity index (χ3n) is 2.19. The average molecular weight is 181 g/mol. The molecule has 0 radical (unpaired) electrons. The number of carbonyl (C=O) groups is 1. The Morgan fingerprint density at radius 2 is 2.23 bits per heavy atom. The van der Waals surface area contributed by atoms with Gasteiger partial charge in [-0.1, -0.05) is 5.16 Å². The van der Waals surface area contributed by atoms with Gasteiger partial charge in [-0.3, -0.25) is 4.79 Å². The first kappa shape index (κ1) is 8.10. The molecule has 0 spiro atoms. The first-order valence-electron chi connectivity index (χ1n) is 4.28. The number of likely N-dealkylation sites (tertiary alicyclic amines) is 1. The minimum absolute atomic E-state index is 0.146. The molecule has 70 valence electrons. The molecule has 0 saturated carbocycles. The van der Waals surface area contributed by atoms with Gasteiger partial charge in [-0.05, 0) is 12.8 Å². The molecule has 0 aromatic carbocycles. The maximum Gasteiger partial charge on any atom is 0.294 e. The van der Waals surface area contributed by atoms with Crippen molar-refractivity contribution in [1.29, 1.82) is 0 Å². The first-order chi connectivity index (χ1) is 6.29. The molecule has 0 unspecified atom stereocenters. The van der Waals surface area contributed by atoms with Crippen LogP contribution in [0.1, 0.15) is 23.4 Å². The lowest BCUT2D eigenvalue weighted by Crippen LogP contribution is -2.27. The molecule has 13 heavy (non-hydrogen) atoms. The average Bonchev–Trinajstić information content (AvgIpc) is 2.72. The van der Waals surface area contributed by atoms with Gasteiger partial charge in [-0.25, -0.2) is 0 Å². The van der Waals surface area contributed by atoms with Crippen LogP contribution in [0.15, 0.2) is 10.7 Å². The van der Waals surface area contributed by atoms with Crippen LogP contribution in [0.25, 0.3) is 0 Å². The monoisotopic (exact) mass is 181 g/mol. The van der Waals surface area contributed by atoms with E-state index in [0.29, 0.717) is 5.69 Å². The molecule has 2 heterocycles. The lowest BCUT2D eigenvalue weighted by molar-refractivity contribution is 0.0753. The minimum Gasteiger partial charge on any atom is -0.394 e. The maximum absolute atomic E-state index is 11.6. The molecule has 1 saturated heterocycles. The van der Waals surface area contributed by atoms with Crippen LogP contribution in [0.5, 0.6) is 0 Å². The molecule has 0 aliphatic carbocycles. The number of aromatic nitrogens is 1. The van der Waals surface area contributed by atoms with Crippen LogP contribution in [0.4, 0.5) is 5.69 Å². The predicted octanol–water partition coefficient (Wildman–Crippen LogP) is 0.493. The van der Waals surface area contributed by atoms with Gasteiger partial charge in [0.25, 0.3) is 5.91 Å². The summed E-state index contributed by atoms with van der Waals surface area (Å²) in [5.41, 5.74) is 5.82. The highest BCUT2D eigenvalue weighted by Gasteiger charge is 2.24. The van der Waals surface area contributed by atoms with E-state index < -0.39 is 0 Å². The lowest BCUT2D eigenvalue weighted by Gasteiger charge is -2.12. The fraction of sp³-hybridized carbons (Fsp3) is 0.500. The third kappa shape index (κ3) is 1.37. The van der Waals surface area contributed by atoms with E-state index in [-0.39, 0.29) is 11.7 Å². The van der Waals surface area contributed by atoms with E-state index in [9.17, 15) is 4.79 Å². The van der Waals surface area contributed by atoms with E-state index in [1.165, 1.54) is 6.20 Å². The first-order valence-corrected chi connectivity index (χ1v) is 4.28. The molecule has 1 aliphatic heterocycles. The highest BCUT2D eigenvalue weighted by molar-refractivity contribution is 5.96. The number of nitrogens with zero attached hydrogens (tertiary/aromatic N) is 2. The fourth-order valence-electron chi connectivity index (χ4n) is 1.47. The maximum atomic E-state index is 11.6. The summed E-state index contributed by atoms with van der Waals surface area (Å²) in [5, 5.41) is 3.47. The topological polar surface area (TPSA) is 72.4 Å². The Labute approximate surface area is 75.5 Å². The number of nitrogen functional groups attached to an aromatic ring is 1. The number of carbonyl (C=O) groups excluding carboxylic acids is 1. The molecule has 1 amide bonds. The number of amides is 1. The van der Waals surface area contributed by atoms with Gasteiger partial charge in [0.2, 0.25) is 5.76 Å². The Kier molecular flexibility index (Phi) is 1.92. The van der Waals surface area contributed by atoms with Crippen LogP contribution in [-0.4, -0.2) is 29.1 Å². The summed E-state index contributed by atoms with van der Waals surface area (Å²) in [7, 11) is 0. The van der Waals surface area contributed by atoms with Crippen LogP contribution in [0.3, 0.4) is 0 Å². The second-order valence-electron chi connectivity index (χ2n) is 3.11. The fourth-order valence-corrected chi connectivity index (χ4v) is 1.47. The van der Waals surface area contributed by atoms with E-state index >= 15 is 0 Å². The normalized spacial score (nSPS) is 16.5. The summed E-state index contributed by atoms with van der Waals surface area (Å²) in [6.45, 7) is 1.58. The van der Waals surface area contributed by atoms with E-state index in [2.05, 4.69) is 5.16 Å². The minimum atomic E-state index is -0.146. The van der Waals surface area contributed by atoms with Crippen molar-refractivity contribution in [3.63, 3.8) is 0 Å². The van der Waals surface area contributed by atoms with Gasteiger partial charge < -0.3 is 15.2 Å². The quantitative estimate of drug-likeness (QED) is 0.684. The highest BCUT2D eigenvalue weighted by Crippen LogP contribution is 2.16. The molecule has 5 nitrogen and oxygen atoms in total. The number of hydrogen-bond donors (Lipinski definition) is 1. The Morgan fingerprint density at radius 1 is 1.54 bits per heavy atom. The predicted molar refractivity (Wildman–Crippen MR) is 46.1 cm³/mol. The SMILES string of the molecule is Nc1cnoc1C(=O)N1CCCC1. The van der Waals surface area contributed by atoms with E-state index in [1.54, 1.807) is 4.90 Å². The van der Waals surface area contributed by atoms with Crippen molar-refractivity contribution in [3.8, 4) is 0 Å². The van der Waals surface area contributed by atoms with E-state index in [4.69, 9.17) is 10.3 Å². The molecule has 2 N–H and O–H groups in total. The standard InChI is InChI=1S/C8H11N3O2/c9-6-5-10-13-7(6)8(12)11-3-1-2-4-11/h5H,1-4,9H2. The van der Waals surface area contributed by atoms with Gasteiger partial charge in [0.05, 0.1) is 6.20 Å². The zero-order chi connectivity index (χ0) is 9.26.